The van der Waals surface area contributed by atoms with Crippen molar-refractivity contribution >= 4 is 33.7 Å². The molecule has 0 unspecified atom stereocenters. The number of rotatable bonds is 10. The van der Waals surface area contributed by atoms with Gasteiger partial charge in [0.15, 0.2) is 5.13 Å². The van der Waals surface area contributed by atoms with Crippen molar-refractivity contribution in [1.82, 2.24) is 10.3 Å². The summed E-state index contributed by atoms with van der Waals surface area (Å²) in [4.78, 5) is 17.2. The molecule has 0 saturated carbocycles. The van der Waals surface area contributed by atoms with Gasteiger partial charge in [-0.2, -0.15) is 11.3 Å². The highest BCUT2D eigenvalue weighted by molar-refractivity contribution is 7.14. The van der Waals surface area contributed by atoms with Crippen molar-refractivity contribution in [3.05, 3.63) is 62.8 Å². The van der Waals surface area contributed by atoms with Crippen LogP contribution in [0.3, 0.4) is 0 Å². The van der Waals surface area contributed by atoms with Crippen LogP contribution in [0.1, 0.15) is 41.0 Å². The Morgan fingerprint density at radius 1 is 1.17 bits per heavy atom. The van der Waals surface area contributed by atoms with Crippen LogP contribution in [-0.2, 0) is 24.5 Å². The minimum Gasteiger partial charge on any atom is -0.491 e. The van der Waals surface area contributed by atoms with E-state index in [1.54, 1.807) is 17.4 Å². The first-order valence-corrected chi connectivity index (χ1v) is 11.2. The zero-order valence-corrected chi connectivity index (χ0v) is 18.4. The standard InChI is InChI=1S/C21H25N3O3S2/c1-14(2)27-19-7-16(11-26-10-15-4-5-28-12-15)6-17(8-19)20(25)24-21-23-18(9-22-3)13-29-21/h4-8,12-14,22H,9-11H2,1-3H3,(H,23,24,25). The van der Waals surface area contributed by atoms with Gasteiger partial charge in [0.25, 0.3) is 5.91 Å². The number of nitrogens with zero attached hydrogens (tertiary/aromatic N) is 1. The van der Waals surface area contributed by atoms with Crippen LogP contribution >= 0.6 is 22.7 Å². The summed E-state index contributed by atoms with van der Waals surface area (Å²) < 4.78 is 11.6. The highest BCUT2D eigenvalue weighted by Crippen LogP contribution is 2.22. The molecule has 3 aromatic rings. The van der Waals surface area contributed by atoms with Crippen molar-refractivity contribution in [2.75, 3.05) is 12.4 Å². The summed E-state index contributed by atoms with van der Waals surface area (Å²) in [6, 6.07) is 7.54. The van der Waals surface area contributed by atoms with Crippen molar-refractivity contribution in [3.63, 3.8) is 0 Å². The third-order valence-electron chi connectivity index (χ3n) is 3.85. The van der Waals surface area contributed by atoms with Gasteiger partial charge in [0.2, 0.25) is 0 Å². The van der Waals surface area contributed by atoms with Gasteiger partial charge in [-0.1, -0.05) is 0 Å². The van der Waals surface area contributed by atoms with Crippen molar-refractivity contribution in [2.24, 2.45) is 0 Å². The second-order valence-corrected chi connectivity index (χ2v) is 8.42. The maximum Gasteiger partial charge on any atom is 0.257 e. The first kappa shape index (κ1) is 21.4. The molecule has 0 bridgehead atoms. The minimum absolute atomic E-state index is 0.0101. The first-order valence-electron chi connectivity index (χ1n) is 9.33. The Hall–Kier alpha value is -2.26. The van der Waals surface area contributed by atoms with Crippen LogP contribution in [0.2, 0.25) is 0 Å². The Balaban J connectivity index is 1.71. The van der Waals surface area contributed by atoms with Crippen LogP contribution < -0.4 is 15.4 Å². The van der Waals surface area contributed by atoms with E-state index in [0.717, 1.165) is 16.8 Å². The minimum atomic E-state index is -0.219. The number of ether oxygens (including phenoxy) is 2. The summed E-state index contributed by atoms with van der Waals surface area (Å²) in [6.45, 7) is 5.51. The van der Waals surface area contributed by atoms with Gasteiger partial charge in [-0.3, -0.25) is 10.1 Å². The molecule has 0 aliphatic heterocycles. The lowest BCUT2D eigenvalue weighted by atomic mass is 10.1. The Kier molecular flexibility index (Phi) is 7.76. The molecule has 154 valence electrons. The number of carbonyl (C=O) groups is 1. The molecular formula is C21H25N3O3S2. The average molecular weight is 432 g/mol. The van der Waals surface area contributed by atoms with Crippen LogP contribution in [0.15, 0.2) is 40.4 Å². The molecule has 2 N–H and O–H groups in total. The van der Waals surface area contributed by atoms with E-state index in [1.165, 1.54) is 11.3 Å². The SMILES string of the molecule is CNCc1csc(NC(=O)c2cc(COCc3ccsc3)cc(OC(C)C)c2)n1. The lowest BCUT2D eigenvalue weighted by Gasteiger charge is -2.13. The number of hydrogen-bond donors (Lipinski definition) is 2. The number of benzene rings is 1. The van der Waals surface area contributed by atoms with Crippen LogP contribution in [-0.4, -0.2) is 24.0 Å². The summed E-state index contributed by atoms with van der Waals surface area (Å²) >= 11 is 3.05. The number of nitrogens with one attached hydrogen (secondary N) is 2. The number of amides is 1. The fourth-order valence-corrected chi connectivity index (χ4v) is 4.03. The third-order valence-corrected chi connectivity index (χ3v) is 5.39. The lowest BCUT2D eigenvalue weighted by molar-refractivity contribution is 0.102. The number of thiophene rings is 1. The van der Waals surface area contributed by atoms with Gasteiger partial charge in [-0.15, -0.1) is 11.3 Å². The first-order chi connectivity index (χ1) is 14.0. The molecule has 0 radical (unpaired) electrons. The van der Waals surface area contributed by atoms with Crippen molar-refractivity contribution < 1.29 is 14.3 Å². The van der Waals surface area contributed by atoms with Gasteiger partial charge in [-0.05, 0) is 67.0 Å². The van der Waals surface area contributed by atoms with Crippen molar-refractivity contribution in [1.29, 1.82) is 0 Å². The molecule has 0 spiro atoms. The monoisotopic (exact) mass is 431 g/mol. The van der Waals surface area contributed by atoms with E-state index < -0.39 is 0 Å². The fraction of sp³-hybridized carbons (Fsp3) is 0.333. The quantitative estimate of drug-likeness (QED) is 0.488. The molecule has 6 nitrogen and oxygen atoms in total. The van der Waals surface area contributed by atoms with Gasteiger partial charge < -0.3 is 14.8 Å². The number of hydrogen-bond acceptors (Lipinski definition) is 7. The van der Waals surface area contributed by atoms with Crippen LogP contribution in [0.4, 0.5) is 5.13 Å². The molecule has 0 atom stereocenters. The van der Waals surface area contributed by atoms with E-state index in [-0.39, 0.29) is 12.0 Å². The predicted octanol–water partition coefficient (Wildman–Crippen LogP) is 4.68. The summed E-state index contributed by atoms with van der Waals surface area (Å²) in [6.07, 6.45) is 0.0101. The molecule has 0 saturated heterocycles. The number of carbonyl (C=O) groups excluding carboxylic acids is 1. The number of anilines is 1. The summed E-state index contributed by atoms with van der Waals surface area (Å²) in [5, 5.41) is 12.5. The zero-order chi connectivity index (χ0) is 20.6. The van der Waals surface area contributed by atoms with E-state index in [9.17, 15) is 4.79 Å². The maximum atomic E-state index is 12.8. The normalized spacial score (nSPS) is 11.0. The molecule has 3 rings (SSSR count). The molecule has 2 aromatic heterocycles. The highest BCUT2D eigenvalue weighted by Gasteiger charge is 2.13. The molecule has 0 aliphatic carbocycles. The molecule has 29 heavy (non-hydrogen) atoms. The van der Waals surface area contributed by atoms with Crippen molar-refractivity contribution in [2.45, 2.75) is 39.7 Å². The van der Waals surface area contributed by atoms with E-state index in [1.807, 2.05) is 49.9 Å². The predicted molar refractivity (Wildman–Crippen MR) is 118 cm³/mol. The molecule has 0 aliphatic rings. The molecule has 1 aromatic carbocycles. The molecule has 1 amide bonds. The third kappa shape index (κ3) is 6.64. The largest absolute Gasteiger partial charge is 0.491 e. The average Bonchev–Trinajstić information content (AvgIpc) is 3.33. The summed E-state index contributed by atoms with van der Waals surface area (Å²) in [7, 11) is 1.86. The highest BCUT2D eigenvalue weighted by atomic mass is 32.1. The Bertz CT molecular complexity index is 923. The molecule has 8 heteroatoms. The Morgan fingerprint density at radius 2 is 2.00 bits per heavy atom. The van der Waals surface area contributed by atoms with Gasteiger partial charge in [0.05, 0.1) is 25.0 Å². The van der Waals surface area contributed by atoms with Gasteiger partial charge in [0, 0.05) is 17.5 Å². The second-order valence-electron chi connectivity index (χ2n) is 6.79. The molecular weight excluding hydrogens is 406 g/mol. The van der Waals surface area contributed by atoms with E-state index in [2.05, 4.69) is 21.0 Å². The Labute approximate surface area is 178 Å². The van der Waals surface area contributed by atoms with E-state index >= 15 is 0 Å². The maximum absolute atomic E-state index is 12.8. The Morgan fingerprint density at radius 3 is 2.72 bits per heavy atom. The molecule has 0 fully saturated rings. The van der Waals surface area contributed by atoms with E-state index in [0.29, 0.717) is 36.2 Å². The summed E-state index contributed by atoms with van der Waals surface area (Å²) in [5.41, 5.74) is 3.44. The van der Waals surface area contributed by atoms with Crippen LogP contribution in [0.25, 0.3) is 0 Å². The summed E-state index contributed by atoms with van der Waals surface area (Å²) in [5.74, 6) is 0.431. The van der Waals surface area contributed by atoms with Crippen molar-refractivity contribution in [3.8, 4) is 5.75 Å². The lowest BCUT2D eigenvalue weighted by Crippen LogP contribution is -2.14. The number of thiazole rings is 1. The number of aromatic nitrogens is 1. The topological polar surface area (TPSA) is 72.5 Å². The zero-order valence-electron chi connectivity index (χ0n) is 16.7. The van der Waals surface area contributed by atoms with Gasteiger partial charge >= 0.3 is 0 Å². The van der Waals surface area contributed by atoms with Crippen LogP contribution in [0.5, 0.6) is 5.75 Å². The van der Waals surface area contributed by atoms with Crippen LogP contribution in [0, 0.1) is 0 Å². The van der Waals surface area contributed by atoms with E-state index in [4.69, 9.17) is 9.47 Å². The fourth-order valence-electron chi connectivity index (χ4n) is 2.67. The smallest absolute Gasteiger partial charge is 0.257 e. The second kappa shape index (κ2) is 10.5. The molecule has 2 heterocycles. The van der Waals surface area contributed by atoms with Gasteiger partial charge in [-0.25, -0.2) is 4.98 Å². The van der Waals surface area contributed by atoms with Gasteiger partial charge in [0.1, 0.15) is 5.75 Å².